The molecule has 1 aromatic carbocycles. The van der Waals surface area contributed by atoms with E-state index in [9.17, 15) is 14.7 Å². The van der Waals surface area contributed by atoms with E-state index in [0.717, 1.165) is 32.1 Å². The lowest BCUT2D eigenvalue weighted by atomic mass is 9.98. The Bertz CT molecular complexity index is 1020. The van der Waals surface area contributed by atoms with Crippen molar-refractivity contribution >= 4 is 45.2 Å². The topological polar surface area (TPSA) is 83.4 Å². The number of carbonyl (C=O) groups is 2. The highest BCUT2D eigenvalue weighted by Crippen LogP contribution is 2.36. The predicted octanol–water partition coefficient (Wildman–Crippen LogP) is 4.16. The maximum absolute atomic E-state index is 12.5. The summed E-state index contributed by atoms with van der Waals surface area (Å²) in [4.78, 5) is 36.3. The third-order valence-corrected chi connectivity index (χ3v) is 7.13. The number of thiophene rings is 1. The van der Waals surface area contributed by atoms with Crippen LogP contribution in [0.4, 0.5) is 0 Å². The van der Waals surface area contributed by atoms with E-state index >= 15 is 0 Å². The van der Waals surface area contributed by atoms with Crippen molar-refractivity contribution in [2.75, 3.05) is 18.8 Å². The fourth-order valence-electron chi connectivity index (χ4n) is 3.49. The Morgan fingerprint density at radius 2 is 2.07 bits per heavy atom. The highest BCUT2D eigenvalue weighted by atomic mass is 32.2. The lowest BCUT2D eigenvalue weighted by Gasteiger charge is -2.30. The number of rotatable bonds is 6. The molecule has 1 aliphatic rings. The van der Waals surface area contributed by atoms with Crippen LogP contribution in [0.5, 0.6) is 0 Å². The summed E-state index contributed by atoms with van der Waals surface area (Å²) in [5.41, 5.74) is 1.15. The average Bonchev–Trinajstić information content (AvgIpc) is 3.19. The molecule has 8 heteroatoms. The standard InChI is InChI=1S/C21H21N3O3S2/c25-18(24-9-4-7-15(12-24)21(26)27)8-10-28-19-16-11-17(14-5-2-1-3-6-14)29-20(16)23-13-22-19/h1-3,5-6,11,13,15H,4,7-10,12H2,(H,26,27). The number of likely N-dealkylation sites (tertiary alicyclic amines) is 1. The molecule has 150 valence electrons. The molecule has 0 radical (unpaired) electrons. The van der Waals surface area contributed by atoms with Crippen LogP contribution in [0, 0.1) is 5.92 Å². The molecule has 6 nitrogen and oxygen atoms in total. The van der Waals surface area contributed by atoms with Crippen LogP contribution in [0.3, 0.4) is 0 Å². The van der Waals surface area contributed by atoms with Crippen molar-refractivity contribution in [2.24, 2.45) is 5.92 Å². The molecule has 1 unspecified atom stereocenters. The lowest BCUT2D eigenvalue weighted by molar-refractivity contribution is -0.145. The van der Waals surface area contributed by atoms with Crippen molar-refractivity contribution in [3.63, 3.8) is 0 Å². The van der Waals surface area contributed by atoms with Crippen LogP contribution in [0.25, 0.3) is 20.7 Å². The molecule has 1 amide bonds. The monoisotopic (exact) mass is 427 g/mol. The van der Waals surface area contributed by atoms with Crippen LogP contribution < -0.4 is 0 Å². The van der Waals surface area contributed by atoms with Gasteiger partial charge in [0.05, 0.1) is 5.92 Å². The molecule has 1 atom stereocenters. The molecule has 1 aliphatic heterocycles. The van der Waals surface area contributed by atoms with Gasteiger partial charge in [0.2, 0.25) is 5.91 Å². The lowest BCUT2D eigenvalue weighted by Crippen LogP contribution is -2.42. The number of carboxylic acids is 1. The number of hydrogen-bond acceptors (Lipinski definition) is 6. The zero-order chi connectivity index (χ0) is 20.2. The summed E-state index contributed by atoms with van der Waals surface area (Å²) in [5.74, 6) is -0.629. The summed E-state index contributed by atoms with van der Waals surface area (Å²) in [6.07, 6.45) is 3.34. The van der Waals surface area contributed by atoms with E-state index in [2.05, 4.69) is 28.2 Å². The minimum atomic E-state index is -0.813. The van der Waals surface area contributed by atoms with Gasteiger partial charge in [-0.15, -0.1) is 23.1 Å². The molecular weight excluding hydrogens is 406 g/mol. The van der Waals surface area contributed by atoms with Crippen molar-refractivity contribution < 1.29 is 14.7 Å². The van der Waals surface area contributed by atoms with E-state index in [1.807, 2.05) is 18.2 Å². The molecule has 1 fully saturated rings. The molecule has 0 spiro atoms. The van der Waals surface area contributed by atoms with Crippen molar-refractivity contribution in [1.29, 1.82) is 0 Å². The van der Waals surface area contributed by atoms with Gasteiger partial charge in [-0.3, -0.25) is 9.59 Å². The van der Waals surface area contributed by atoms with Gasteiger partial charge in [-0.05, 0) is 24.5 Å². The number of nitrogens with zero attached hydrogens (tertiary/aromatic N) is 3. The number of carboxylic acid groups (broad SMARTS) is 1. The maximum Gasteiger partial charge on any atom is 0.308 e. The summed E-state index contributed by atoms with van der Waals surface area (Å²) in [6, 6.07) is 12.3. The van der Waals surface area contributed by atoms with Crippen molar-refractivity contribution in [1.82, 2.24) is 14.9 Å². The van der Waals surface area contributed by atoms with Gasteiger partial charge in [0.1, 0.15) is 16.2 Å². The van der Waals surface area contributed by atoms with Gasteiger partial charge < -0.3 is 10.0 Å². The van der Waals surface area contributed by atoms with Gasteiger partial charge in [0.15, 0.2) is 0 Å². The van der Waals surface area contributed by atoms with Crippen LogP contribution >= 0.6 is 23.1 Å². The average molecular weight is 428 g/mol. The number of hydrogen-bond donors (Lipinski definition) is 1. The molecule has 3 aromatic rings. The summed E-state index contributed by atoms with van der Waals surface area (Å²) in [6.45, 7) is 0.970. The smallest absolute Gasteiger partial charge is 0.308 e. The molecule has 2 aromatic heterocycles. The minimum absolute atomic E-state index is 0.0176. The molecule has 0 aliphatic carbocycles. The third kappa shape index (κ3) is 4.59. The second-order valence-electron chi connectivity index (χ2n) is 6.99. The minimum Gasteiger partial charge on any atom is -0.481 e. The number of thioether (sulfide) groups is 1. The molecule has 0 bridgehead atoms. The maximum atomic E-state index is 12.5. The molecule has 0 saturated carbocycles. The van der Waals surface area contributed by atoms with Gasteiger partial charge in [0.25, 0.3) is 0 Å². The Morgan fingerprint density at radius 1 is 1.24 bits per heavy atom. The van der Waals surface area contributed by atoms with Crippen molar-refractivity contribution in [3.8, 4) is 10.4 Å². The normalized spacial score (nSPS) is 16.8. The number of amides is 1. The Balaban J connectivity index is 1.40. The van der Waals surface area contributed by atoms with Gasteiger partial charge in [-0.1, -0.05) is 30.3 Å². The number of aromatic nitrogens is 2. The Hall–Kier alpha value is -2.45. The molecule has 4 rings (SSSR count). The number of piperidine rings is 1. The van der Waals surface area contributed by atoms with Crippen LogP contribution in [-0.2, 0) is 9.59 Å². The van der Waals surface area contributed by atoms with Gasteiger partial charge in [0, 0.05) is 35.5 Å². The zero-order valence-electron chi connectivity index (χ0n) is 15.8. The first-order valence-corrected chi connectivity index (χ1v) is 11.4. The van der Waals surface area contributed by atoms with Crippen LogP contribution in [0.15, 0.2) is 47.8 Å². The summed E-state index contributed by atoms with van der Waals surface area (Å²) in [5, 5.41) is 11.1. The van der Waals surface area contributed by atoms with E-state index < -0.39 is 11.9 Å². The van der Waals surface area contributed by atoms with E-state index in [1.54, 1.807) is 34.3 Å². The number of benzene rings is 1. The molecule has 3 heterocycles. The highest BCUT2D eigenvalue weighted by molar-refractivity contribution is 7.99. The molecule has 1 N–H and O–H groups in total. The van der Waals surface area contributed by atoms with Gasteiger partial charge in [-0.25, -0.2) is 9.97 Å². The molecule has 1 saturated heterocycles. The number of carbonyl (C=O) groups excluding carboxylic acids is 1. The van der Waals surface area contributed by atoms with Crippen LogP contribution in [0.1, 0.15) is 19.3 Å². The molecule has 29 heavy (non-hydrogen) atoms. The third-order valence-electron chi connectivity index (χ3n) is 5.03. The summed E-state index contributed by atoms with van der Waals surface area (Å²) in [7, 11) is 0. The largest absolute Gasteiger partial charge is 0.481 e. The Labute approximate surface area is 177 Å². The summed E-state index contributed by atoms with van der Waals surface area (Å²) >= 11 is 3.18. The number of fused-ring (bicyclic) bond motifs is 1. The van der Waals surface area contributed by atoms with Crippen molar-refractivity contribution in [3.05, 3.63) is 42.7 Å². The van der Waals surface area contributed by atoms with Gasteiger partial charge in [-0.2, -0.15) is 0 Å². The van der Waals surface area contributed by atoms with E-state index in [-0.39, 0.29) is 5.91 Å². The second-order valence-corrected chi connectivity index (χ2v) is 9.10. The Kier molecular flexibility index (Phi) is 6.10. The van der Waals surface area contributed by atoms with E-state index in [1.165, 1.54) is 0 Å². The number of aliphatic carboxylic acids is 1. The van der Waals surface area contributed by atoms with Crippen LogP contribution in [-0.4, -0.2) is 50.7 Å². The quantitative estimate of drug-likeness (QED) is 0.470. The summed E-state index contributed by atoms with van der Waals surface area (Å²) < 4.78 is 0. The SMILES string of the molecule is O=C(O)C1CCCN(C(=O)CCSc2ncnc3sc(-c4ccccc4)cc23)C1. The van der Waals surface area contributed by atoms with Crippen molar-refractivity contribution in [2.45, 2.75) is 24.3 Å². The molecular formula is C21H21N3O3S2. The first kappa shape index (κ1) is 19.8. The fourth-order valence-corrected chi connectivity index (χ4v) is 5.46. The fraction of sp³-hybridized carbons (Fsp3) is 0.333. The second kappa shape index (κ2) is 8.92. The highest BCUT2D eigenvalue weighted by Gasteiger charge is 2.27. The first-order chi connectivity index (χ1) is 14.1. The van der Waals surface area contributed by atoms with Gasteiger partial charge >= 0.3 is 5.97 Å². The first-order valence-electron chi connectivity index (χ1n) is 9.55. The van der Waals surface area contributed by atoms with E-state index in [4.69, 9.17) is 0 Å². The van der Waals surface area contributed by atoms with Crippen LogP contribution in [0.2, 0.25) is 0 Å². The Morgan fingerprint density at radius 3 is 2.86 bits per heavy atom. The van der Waals surface area contributed by atoms with E-state index in [0.29, 0.717) is 31.7 Å². The zero-order valence-corrected chi connectivity index (χ0v) is 17.4. The predicted molar refractivity (Wildman–Crippen MR) is 115 cm³/mol.